The van der Waals surface area contributed by atoms with Crippen molar-refractivity contribution in [2.24, 2.45) is 5.73 Å². The number of rotatable bonds is 2. The fourth-order valence-electron chi connectivity index (χ4n) is 0.149. The predicted octanol–water partition coefficient (Wildman–Crippen LogP) is -0.599. The van der Waals surface area contributed by atoms with E-state index >= 15 is 0 Å². The number of hydrogen-bond donors (Lipinski definition) is 2. The molecule has 0 aliphatic heterocycles. The van der Waals surface area contributed by atoms with Gasteiger partial charge in [-0.2, -0.15) is 8.42 Å². The summed E-state index contributed by atoms with van der Waals surface area (Å²) >= 11 is 0. The Morgan fingerprint density at radius 1 is 1.56 bits per heavy atom. The second-order valence-electron chi connectivity index (χ2n) is 0.834. The lowest BCUT2D eigenvalue weighted by Crippen LogP contribution is -2.01. The van der Waals surface area contributed by atoms with E-state index in [1.807, 2.05) is 0 Å². The lowest BCUT2D eigenvalue weighted by Gasteiger charge is -1.88. The molecule has 0 atom stereocenters. The predicted molar refractivity (Wildman–Crippen MR) is 33.3 cm³/mol. The monoisotopic (exact) mass is 157 g/mol. The first kappa shape index (κ1) is 11.6. The minimum atomic E-state index is -4.17. The van der Waals surface area contributed by atoms with Crippen molar-refractivity contribution in [2.45, 2.75) is 6.92 Å². The molecular weight excluding hydrogens is 146 g/mol. The molecule has 0 spiro atoms. The minimum Gasteiger partial charge on any atom is -0.333 e. The molecule has 0 aromatic rings. The van der Waals surface area contributed by atoms with Crippen LogP contribution in [0.2, 0.25) is 0 Å². The average Bonchev–Trinajstić information content (AvgIpc) is 1.69. The van der Waals surface area contributed by atoms with E-state index < -0.39 is 10.4 Å². The maximum absolute atomic E-state index is 9.56. The van der Waals surface area contributed by atoms with Crippen molar-refractivity contribution in [1.82, 2.24) is 0 Å². The van der Waals surface area contributed by atoms with Crippen LogP contribution in [0.3, 0.4) is 0 Å². The van der Waals surface area contributed by atoms with Gasteiger partial charge in [-0.25, -0.2) is 4.18 Å². The third-order valence-electron chi connectivity index (χ3n) is 0.267. The Kier molecular flexibility index (Phi) is 7.68. The number of nitrogens with two attached hydrogens (primary N) is 1. The summed E-state index contributed by atoms with van der Waals surface area (Å²) in [5.74, 6) is 0. The van der Waals surface area contributed by atoms with Gasteiger partial charge in [0.25, 0.3) is 0 Å². The molecule has 5 nitrogen and oxygen atoms in total. The molecule has 0 saturated carbocycles. The molecule has 9 heavy (non-hydrogen) atoms. The summed E-state index contributed by atoms with van der Waals surface area (Å²) < 4.78 is 30.7. The largest absolute Gasteiger partial charge is 0.397 e. The average molecular weight is 157 g/mol. The van der Waals surface area contributed by atoms with Crippen LogP contribution in [-0.2, 0) is 14.6 Å². The van der Waals surface area contributed by atoms with Crippen LogP contribution in [-0.4, -0.2) is 26.6 Å². The van der Waals surface area contributed by atoms with Crippen LogP contribution in [0.1, 0.15) is 6.92 Å². The van der Waals surface area contributed by atoms with Gasteiger partial charge in [-0.05, 0) is 14.0 Å². The number of hydrogen-bond acceptors (Lipinski definition) is 4. The van der Waals surface area contributed by atoms with E-state index in [0.717, 1.165) is 0 Å². The van der Waals surface area contributed by atoms with Gasteiger partial charge >= 0.3 is 10.4 Å². The van der Waals surface area contributed by atoms with Gasteiger partial charge < -0.3 is 5.73 Å². The Hall–Kier alpha value is -0.170. The molecule has 0 heterocycles. The highest BCUT2D eigenvalue weighted by Crippen LogP contribution is 1.81. The highest BCUT2D eigenvalue weighted by atomic mass is 32.3. The van der Waals surface area contributed by atoms with Crippen LogP contribution >= 0.6 is 0 Å². The van der Waals surface area contributed by atoms with Crippen LogP contribution in [0.25, 0.3) is 0 Å². The third kappa shape index (κ3) is 18.1. The van der Waals surface area contributed by atoms with Crippen molar-refractivity contribution in [2.75, 3.05) is 13.7 Å². The lowest BCUT2D eigenvalue weighted by atomic mass is 10.9. The zero-order valence-corrected chi connectivity index (χ0v) is 6.18. The van der Waals surface area contributed by atoms with E-state index in [4.69, 9.17) is 4.55 Å². The molecule has 3 N–H and O–H groups in total. The first-order valence-corrected chi connectivity index (χ1v) is 3.62. The minimum absolute atomic E-state index is 0.0289. The summed E-state index contributed by atoms with van der Waals surface area (Å²) in [6, 6.07) is 0. The molecule has 0 aliphatic carbocycles. The standard InChI is InChI=1S/C2H6O4S.CH5N/c1-2-6-7(3,4)5;1-2/h2H2,1H3,(H,3,4,5);2H2,1H3. The third-order valence-corrected chi connectivity index (χ3v) is 0.800. The second kappa shape index (κ2) is 5.96. The Bertz CT molecular complexity index is 129. The van der Waals surface area contributed by atoms with E-state index in [1.165, 1.54) is 14.0 Å². The summed E-state index contributed by atoms with van der Waals surface area (Å²) in [6.45, 7) is 1.44. The Labute approximate surface area is 54.8 Å². The van der Waals surface area contributed by atoms with Gasteiger partial charge in [-0.15, -0.1) is 0 Å². The highest BCUT2D eigenvalue weighted by Gasteiger charge is 1.98. The Morgan fingerprint density at radius 2 is 1.89 bits per heavy atom. The Balaban J connectivity index is 0. The maximum Gasteiger partial charge on any atom is 0.397 e. The van der Waals surface area contributed by atoms with E-state index in [1.54, 1.807) is 0 Å². The molecule has 0 aromatic carbocycles. The molecule has 0 radical (unpaired) electrons. The zero-order chi connectivity index (χ0) is 7.91. The van der Waals surface area contributed by atoms with Gasteiger partial charge in [0, 0.05) is 0 Å². The fraction of sp³-hybridized carbons (Fsp3) is 1.00. The van der Waals surface area contributed by atoms with Crippen molar-refractivity contribution < 1.29 is 17.2 Å². The first-order valence-electron chi connectivity index (χ1n) is 2.26. The van der Waals surface area contributed by atoms with E-state index in [-0.39, 0.29) is 6.61 Å². The summed E-state index contributed by atoms with van der Waals surface area (Å²) in [4.78, 5) is 0. The molecule has 0 bridgehead atoms. The summed E-state index contributed by atoms with van der Waals surface area (Å²) in [5.41, 5.74) is 4.50. The first-order chi connectivity index (χ1) is 4.06. The lowest BCUT2D eigenvalue weighted by molar-refractivity contribution is 0.283. The topological polar surface area (TPSA) is 89.6 Å². The summed E-state index contributed by atoms with van der Waals surface area (Å²) in [5, 5.41) is 0. The van der Waals surface area contributed by atoms with Gasteiger partial charge in [0.05, 0.1) is 6.61 Å². The summed E-state index contributed by atoms with van der Waals surface area (Å²) in [6.07, 6.45) is 0. The highest BCUT2D eigenvalue weighted by molar-refractivity contribution is 7.80. The second-order valence-corrected chi connectivity index (χ2v) is 1.93. The molecule has 0 amide bonds. The van der Waals surface area contributed by atoms with Crippen LogP contribution < -0.4 is 5.73 Å². The molecule has 0 aromatic heterocycles. The smallest absolute Gasteiger partial charge is 0.333 e. The van der Waals surface area contributed by atoms with Gasteiger partial charge in [0.15, 0.2) is 0 Å². The maximum atomic E-state index is 9.56. The zero-order valence-electron chi connectivity index (χ0n) is 5.36. The normalized spacial score (nSPS) is 9.78. The SMILES string of the molecule is CCOS(=O)(=O)O.CN. The fourth-order valence-corrected chi connectivity index (χ4v) is 0.447. The molecular formula is C3H11NO4S. The van der Waals surface area contributed by atoms with Gasteiger partial charge in [-0.1, -0.05) is 0 Å². The molecule has 0 rings (SSSR count). The molecule has 6 heteroatoms. The van der Waals surface area contributed by atoms with Crippen LogP contribution in [0.15, 0.2) is 0 Å². The Morgan fingerprint density at radius 3 is 1.89 bits per heavy atom. The van der Waals surface area contributed by atoms with Crippen molar-refractivity contribution >= 4 is 10.4 Å². The molecule has 0 aliphatic rings. The summed E-state index contributed by atoms with van der Waals surface area (Å²) in [7, 11) is -2.67. The van der Waals surface area contributed by atoms with Gasteiger partial charge in [0.1, 0.15) is 0 Å². The van der Waals surface area contributed by atoms with Crippen LogP contribution in [0, 0.1) is 0 Å². The van der Waals surface area contributed by atoms with E-state index in [9.17, 15) is 8.42 Å². The molecule has 58 valence electrons. The molecule has 0 unspecified atom stereocenters. The van der Waals surface area contributed by atoms with Crippen molar-refractivity contribution in [3.05, 3.63) is 0 Å². The quantitative estimate of drug-likeness (QED) is 0.522. The van der Waals surface area contributed by atoms with E-state index in [2.05, 4.69) is 9.92 Å². The van der Waals surface area contributed by atoms with Crippen molar-refractivity contribution in [3.8, 4) is 0 Å². The van der Waals surface area contributed by atoms with Crippen LogP contribution in [0.4, 0.5) is 0 Å². The van der Waals surface area contributed by atoms with Crippen molar-refractivity contribution in [3.63, 3.8) is 0 Å². The molecule has 0 fully saturated rings. The van der Waals surface area contributed by atoms with Crippen molar-refractivity contribution in [1.29, 1.82) is 0 Å². The van der Waals surface area contributed by atoms with Gasteiger partial charge in [-0.3, -0.25) is 4.55 Å². The van der Waals surface area contributed by atoms with E-state index in [0.29, 0.717) is 0 Å². The molecule has 0 saturated heterocycles. The van der Waals surface area contributed by atoms with Crippen LogP contribution in [0.5, 0.6) is 0 Å². The van der Waals surface area contributed by atoms with Gasteiger partial charge in [0.2, 0.25) is 0 Å².